The first kappa shape index (κ1) is 22.2. The molecule has 32 heavy (non-hydrogen) atoms. The molecular weight excluding hydrogens is 430 g/mol. The molecule has 0 aromatic heterocycles. The zero-order valence-electron chi connectivity index (χ0n) is 18.0. The molecule has 0 spiro atoms. The first-order valence-electron chi connectivity index (χ1n) is 10.7. The predicted octanol–water partition coefficient (Wildman–Crippen LogP) is 3.16. The maximum absolute atomic E-state index is 13.0. The Bertz CT molecular complexity index is 1200. The Hall–Kier alpha value is -3.00. The summed E-state index contributed by atoms with van der Waals surface area (Å²) in [6.45, 7) is 3.81. The Balaban J connectivity index is 1.47. The molecule has 168 valence electrons. The summed E-state index contributed by atoms with van der Waals surface area (Å²) < 4.78 is 31.1. The first-order chi connectivity index (χ1) is 15.2. The van der Waals surface area contributed by atoms with Crippen molar-refractivity contribution < 1.29 is 27.5 Å². The lowest BCUT2D eigenvalue weighted by Gasteiger charge is -2.34. The second-order valence-electron chi connectivity index (χ2n) is 8.56. The van der Waals surface area contributed by atoms with Crippen molar-refractivity contribution in [2.24, 2.45) is 11.8 Å². The number of hydrogen-bond acceptors (Lipinski definition) is 6. The minimum Gasteiger partial charge on any atom is -0.452 e. The normalized spacial score (nSPS) is 23.6. The summed E-state index contributed by atoms with van der Waals surface area (Å²) in [5, 5.41) is 2.93. The van der Waals surface area contributed by atoms with Crippen LogP contribution in [0.4, 0.5) is 0 Å². The van der Waals surface area contributed by atoms with Crippen molar-refractivity contribution >= 4 is 27.5 Å². The summed E-state index contributed by atoms with van der Waals surface area (Å²) in [6, 6.07) is 9.81. The quantitative estimate of drug-likeness (QED) is 0.606. The number of ether oxygens (including phenoxy) is 1. The van der Waals surface area contributed by atoms with Crippen LogP contribution < -0.4 is 5.32 Å². The first-order valence-corrected chi connectivity index (χ1v) is 12.2. The van der Waals surface area contributed by atoms with Crippen LogP contribution in [0.5, 0.6) is 0 Å². The molecule has 8 heteroatoms. The van der Waals surface area contributed by atoms with E-state index >= 15 is 0 Å². The van der Waals surface area contributed by atoms with Gasteiger partial charge in [-0.05, 0) is 48.6 Å². The number of esters is 1. The average Bonchev–Trinajstić information content (AvgIpc) is 2.79. The zero-order valence-corrected chi connectivity index (χ0v) is 18.8. The van der Waals surface area contributed by atoms with E-state index < -0.39 is 28.2 Å². The van der Waals surface area contributed by atoms with Crippen LogP contribution in [0.3, 0.4) is 0 Å². The fourth-order valence-corrected chi connectivity index (χ4v) is 6.14. The third-order valence-corrected chi connectivity index (χ3v) is 8.41. The number of ketones is 1. The van der Waals surface area contributed by atoms with Crippen LogP contribution in [0, 0.1) is 11.8 Å². The fraction of sp³-hybridized carbons (Fsp3) is 0.375. The lowest BCUT2D eigenvalue weighted by Crippen LogP contribution is -2.45. The third kappa shape index (κ3) is 3.95. The number of sulfone groups is 1. The molecule has 0 bridgehead atoms. The van der Waals surface area contributed by atoms with Crippen LogP contribution >= 0.6 is 0 Å². The van der Waals surface area contributed by atoms with Gasteiger partial charge in [0, 0.05) is 17.2 Å². The largest absolute Gasteiger partial charge is 0.452 e. The molecule has 1 aliphatic carbocycles. The van der Waals surface area contributed by atoms with Crippen molar-refractivity contribution in [1.29, 1.82) is 0 Å². The third-order valence-electron chi connectivity index (χ3n) is 6.56. The van der Waals surface area contributed by atoms with E-state index in [-0.39, 0.29) is 38.4 Å². The van der Waals surface area contributed by atoms with Crippen molar-refractivity contribution in [2.45, 2.75) is 48.9 Å². The highest BCUT2D eigenvalue weighted by atomic mass is 32.2. The fourth-order valence-electron chi connectivity index (χ4n) is 4.46. The lowest BCUT2D eigenvalue weighted by molar-refractivity contribution is -0.125. The number of carbonyl (C=O) groups excluding carboxylic acids is 3. The maximum Gasteiger partial charge on any atom is 0.338 e. The predicted molar refractivity (Wildman–Crippen MR) is 116 cm³/mol. The molecule has 2 aromatic rings. The molecule has 1 aliphatic heterocycles. The maximum atomic E-state index is 13.0. The number of hydrogen-bond donors (Lipinski definition) is 1. The number of fused-ring (bicyclic) bond motifs is 2. The molecule has 4 rings (SSSR count). The Morgan fingerprint density at radius 3 is 2.53 bits per heavy atom. The number of amides is 1. The highest BCUT2D eigenvalue weighted by Gasteiger charge is 2.35. The van der Waals surface area contributed by atoms with Gasteiger partial charge in [0.15, 0.2) is 12.4 Å². The molecule has 2 aliphatic rings. The summed E-state index contributed by atoms with van der Waals surface area (Å²) >= 11 is 0. The van der Waals surface area contributed by atoms with Crippen molar-refractivity contribution in [3.63, 3.8) is 0 Å². The summed E-state index contributed by atoms with van der Waals surface area (Å²) in [6.07, 6.45) is 3.07. The zero-order chi connectivity index (χ0) is 23.0. The van der Waals surface area contributed by atoms with Crippen molar-refractivity contribution in [3.05, 3.63) is 59.2 Å². The van der Waals surface area contributed by atoms with Crippen LogP contribution in [0.2, 0.25) is 0 Å². The van der Waals surface area contributed by atoms with Gasteiger partial charge in [-0.2, -0.15) is 0 Å². The van der Waals surface area contributed by atoms with Crippen molar-refractivity contribution in [1.82, 2.24) is 5.32 Å². The summed E-state index contributed by atoms with van der Waals surface area (Å²) in [5.74, 6) is -0.773. The van der Waals surface area contributed by atoms with Gasteiger partial charge in [0.2, 0.25) is 9.84 Å². The van der Waals surface area contributed by atoms with Gasteiger partial charge in [-0.3, -0.25) is 9.59 Å². The lowest BCUT2D eigenvalue weighted by atomic mass is 9.78. The van der Waals surface area contributed by atoms with E-state index in [9.17, 15) is 22.8 Å². The molecule has 1 amide bonds. The SMILES string of the molecule is C[C@H]1[C@H](C)CCC[C@H]1NC(=O)COC(=O)c1ccc2c(c1)S(=O)(=O)c1ccccc1C2=O. The Kier molecular flexibility index (Phi) is 5.90. The number of nitrogens with one attached hydrogen (secondary N) is 1. The summed E-state index contributed by atoms with van der Waals surface area (Å²) in [4.78, 5) is 37.2. The number of rotatable bonds is 4. The van der Waals surface area contributed by atoms with Gasteiger partial charge in [-0.15, -0.1) is 0 Å². The molecule has 3 atom stereocenters. The number of carbonyl (C=O) groups is 3. The monoisotopic (exact) mass is 455 g/mol. The van der Waals surface area contributed by atoms with Crippen LogP contribution in [-0.2, 0) is 19.4 Å². The molecule has 2 aromatic carbocycles. The molecule has 1 N–H and O–H groups in total. The molecule has 1 saturated carbocycles. The van der Waals surface area contributed by atoms with E-state index in [1.54, 1.807) is 12.1 Å². The Morgan fingerprint density at radius 2 is 1.75 bits per heavy atom. The van der Waals surface area contributed by atoms with E-state index in [1.807, 2.05) is 0 Å². The summed E-state index contributed by atoms with van der Waals surface area (Å²) in [5.41, 5.74) is 0.0867. The molecule has 7 nitrogen and oxygen atoms in total. The van der Waals surface area contributed by atoms with Gasteiger partial charge >= 0.3 is 5.97 Å². The van der Waals surface area contributed by atoms with E-state index in [0.29, 0.717) is 11.8 Å². The molecule has 0 saturated heterocycles. The standard InChI is InChI=1S/C24H25NO6S/c1-14-6-5-8-19(15(14)2)25-22(26)13-31-24(28)16-10-11-18-21(12-16)32(29,30)20-9-4-3-7-17(20)23(18)27/h3-4,7,9-12,14-15,19H,5-6,8,13H2,1-2H3,(H,25,26)/t14-,15+,19-/m1/s1. The molecule has 0 radical (unpaired) electrons. The van der Waals surface area contributed by atoms with E-state index in [4.69, 9.17) is 4.74 Å². The second kappa shape index (κ2) is 8.50. The van der Waals surface area contributed by atoms with Crippen LogP contribution in [0.1, 0.15) is 59.4 Å². The molecule has 0 unspecified atom stereocenters. The van der Waals surface area contributed by atoms with Gasteiger partial charge in [-0.25, -0.2) is 13.2 Å². The van der Waals surface area contributed by atoms with Gasteiger partial charge in [0.05, 0.1) is 15.4 Å². The van der Waals surface area contributed by atoms with E-state index in [0.717, 1.165) is 25.3 Å². The van der Waals surface area contributed by atoms with Crippen molar-refractivity contribution in [2.75, 3.05) is 6.61 Å². The second-order valence-corrected chi connectivity index (χ2v) is 10.4. The topological polar surface area (TPSA) is 107 Å². The molecular formula is C24H25NO6S. The van der Waals surface area contributed by atoms with Crippen LogP contribution in [-0.4, -0.2) is 38.7 Å². The van der Waals surface area contributed by atoms with Crippen LogP contribution in [0.15, 0.2) is 52.3 Å². The molecule has 1 heterocycles. The highest BCUT2D eigenvalue weighted by Crippen LogP contribution is 2.35. The Labute approximate surface area is 187 Å². The van der Waals surface area contributed by atoms with Gasteiger partial charge in [0.1, 0.15) is 0 Å². The smallest absolute Gasteiger partial charge is 0.338 e. The Morgan fingerprint density at radius 1 is 1.03 bits per heavy atom. The highest BCUT2D eigenvalue weighted by molar-refractivity contribution is 7.91. The van der Waals surface area contributed by atoms with Gasteiger partial charge < -0.3 is 10.1 Å². The average molecular weight is 456 g/mol. The van der Waals surface area contributed by atoms with E-state index in [1.165, 1.54) is 24.3 Å². The number of benzene rings is 2. The van der Waals surface area contributed by atoms with Crippen molar-refractivity contribution in [3.8, 4) is 0 Å². The summed E-state index contributed by atoms with van der Waals surface area (Å²) in [7, 11) is -3.96. The molecule has 1 fully saturated rings. The minimum absolute atomic E-state index is 0.0124. The van der Waals surface area contributed by atoms with Crippen LogP contribution in [0.25, 0.3) is 0 Å². The van der Waals surface area contributed by atoms with E-state index in [2.05, 4.69) is 19.2 Å². The van der Waals surface area contributed by atoms with Gasteiger partial charge in [0.25, 0.3) is 5.91 Å². The minimum atomic E-state index is -3.96. The van der Waals surface area contributed by atoms with Gasteiger partial charge in [-0.1, -0.05) is 38.8 Å².